The first kappa shape index (κ1) is 15.4. The fourth-order valence-corrected chi connectivity index (χ4v) is 2.03. The lowest BCUT2D eigenvalue weighted by molar-refractivity contribution is 0.789. The third-order valence-corrected chi connectivity index (χ3v) is 3.15. The van der Waals surface area contributed by atoms with Crippen molar-refractivity contribution in [1.82, 2.24) is 30.1 Å². The molecule has 0 saturated carbocycles. The summed E-state index contributed by atoms with van der Waals surface area (Å²) in [5.74, 6) is 1.96. The molecule has 8 nitrogen and oxygen atoms in total. The fraction of sp³-hybridized carbons (Fsp3) is 0.583. The normalized spacial score (nSPS) is 10.6. The molecule has 0 saturated heterocycles. The Morgan fingerprint density at radius 1 is 1.24 bits per heavy atom. The molecule has 114 valence electrons. The Labute approximate surface area is 128 Å². The van der Waals surface area contributed by atoms with E-state index in [4.69, 9.17) is 11.6 Å². The average Bonchev–Trinajstić information content (AvgIpc) is 2.98. The lowest BCUT2D eigenvalue weighted by Crippen LogP contribution is -2.25. The van der Waals surface area contributed by atoms with Gasteiger partial charge in [0, 0.05) is 26.1 Å². The number of nitrogens with zero attached hydrogens (tertiary/aromatic N) is 6. The predicted octanol–water partition coefficient (Wildman–Crippen LogP) is 1.53. The first-order valence-corrected chi connectivity index (χ1v) is 7.35. The minimum Gasteiger partial charge on any atom is -0.354 e. The summed E-state index contributed by atoms with van der Waals surface area (Å²) in [7, 11) is 0. The molecule has 2 N–H and O–H groups in total. The molecular weight excluding hydrogens is 292 g/mol. The Kier molecular flexibility index (Phi) is 5.68. The highest BCUT2D eigenvalue weighted by molar-refractivity contribution is 6.28. The third kappa shape index (κ3) is 4.52. The first-order chi connectivity index (χ1) is 10.2. The maximum atomic E-state index is 5.95. The highest BCUT2D eigenvalue weighted by Gasteiger charge is 2.09. The van der Waals surface area contributed by atoms with Crippen LogP contribution in [0.25, 0.3) is 0 Å². The summed E-state index contributed by atoms with van der Waals surface area (Å²) < 4.78 is 0. The number of aromatic amines is 1. The lowest BCUT2D eigenvalue weighted by Gasteiger charge is -2.18. The molecule has 0 atom stereocenters. The molecule has 9 heteroatoms. The van der Waals surface area contributed by atoms with Gasteiger partial charge in [0.2, 0.25) is 17.2 Å². The van der Waals surface area contributed by atoms with Crippen molar-refractivity contribution in [3.05, 3.63) is 17.4 Å². The van der Waals surface area contributed by atoms with Gasteiger partial charge in [-0.2, -0.15) is 20.1 Å². The fourth-order valence-electron chi connectivity index (χ4n) is 1.87. The van der Waals surface area contributed by atoms with Gasteiger partial charge in [-0.15, -0.1) is 0 Å². The minimum absolute atomic E-state index is 0.199. The molecule has 2 aromatic rings. The van der Waals surface area contributed by atoms with Crippen LogP contribution in [-0.4, -0.2) is 49.8 Å². The van der Waals surface area contributed by atoms with Gasteiger partial charge < -0.3 is 10.2 Å². The topological polar surface area (TPSA) is 95.5 Å². The Morgan fingerprint density at radius 3 is 2.71 bits per heavy atom. The summed E-state index contributed by atoms with van der Waals surface area (Å²) >= 11 is 5.95. The van der Waals surface area contributed by atoms with Crippen LogP contribution in [-0.2, 0) is 6.42 Å². The van der Waals surface area contributed by atoms with Crippen molar-refractivity contribution in [3.8, 4) is 0 Å². The molecule has 2 aromatic heterocycles. The number of H-pyrrole nitrogens is 1. The highest BCUT2D eigenvalue weighted by Crippen LogP contribution is 2.13. The number of hydrogen-bond donors (Lipinski definition) is 2. The number of anilines is 2. The second-order valence-electron chi connectivity index (χ2n) is 4.36. The van der Waals surface area contributed by atoms with Gasteiger partial charge in [0.05, 0.1) is 0 Å². The molecular formula is C12H19ClN8. The van der Waals surface area contributed by atoms with E-state index in [-0.39, 0.29) is 5.28 Å². The maximum Gasteiger partial charge on any atom is 0.231 e. The van der Waals surface area contributed by atoms with E-state index in [9.17, 15) is 0 Å². The van der Waals surface area contributed by atoms with Crippen LogP contribution in [0, 0.1) is 0 Å². The van der Waals surface area contributed by atoms with E-state index < -0.39 is 0 Å². The van der Waals surface area contributed by atoms with Crippen LogP contribution >= 0.6 is 11.6 Å². The van der Waals surface area contributed by atoms with Crippen molar-refractivity contribution >= 4 is 23.5 Å². The van der Waals surface area contributed by atoms with E-state index in [0.717, 1.165) is 38.3 Å². The zero-order valence-corrected chi connectivity index (χ0v) is 12.9. The van der Waals surface area contributed by atoms with E-state index in [1.807, 2.05) is 18.7 Å². The highest BCUT2D eigenvalue weighted by atomic mass is 35.5. The van der Waals surface area contributed by atoms with Gasteiger partial charge in [0.15, 0.2) is 0 Å². The Hall–Kier alpha value is -1.96. The summed E-state index contributed by atoms with van der Waals surface area (Å²) in [5, 5.41) is 9.99. The van der Waals surface area contributed by atoms with Gasteiger partial charge in [0.1, 0.15) is 12.2 Å². The van der Waals surface area contributed by atoms with Crippen LogP contribution in [0.5, 0.6) is 0 Å². The summed E-state index contributed by atoms with van der Waals surface area (Å²) in [5.41, 5.74) is 0. The molecule has 21 heavy (non-hydrogen) atoms. The molecule has 0 radical (unpaired) electrons. The number of halogens is 1. The van der Waals surface area contributed by atoms with E-state index in [0.29, 0.717) is 11.9 Å². The predicted molar refractivity (Wildman–Crippen MR) is 81.6 cm³/mol. The van der Waals surface area contributed by atoms with Crippen molar-refractivity contribution in [1.29, 1.82) is 0 Å². The molecule has 0 aliphatic rings. The van der Waals surface area contributed by atoms with Crippen LogP contribution in [0.15, 0.2) is 6.33 Å². The number of aryl methyl sites for hydroxylation is 1. The quantitative estimate of drug-likeness (QED) is 0.714. The van der Waals surface area contributed by atoms with Crippen LogP contribution in [0.1, 0.15) is 26.1 Å². The lowest BCUT2D eigenvalue weighted by atomic mass is 10.3. The summed E-state index contributed by atoms with van der Waals surface area (Å²) in [6.45, 7) is 6.46. The molecule has 0 bridgehead atoms. The minimum atomic E-state index is 0.199. The number of nitrogens with one attached hydrogen (secondary N) is 2. The summed E-state index contributed by atoms with van der Waals surface area (Å²) in [4.78, 5) is 18.7. The summed E-state index contributed by atoms with van der Waals surface area (Å²) in [6, 6.07) is 0. The molecule has 2 heterocycles. The monoisotopic (exact) mass is 310 g/mol. The van der Waals surface area contributed by atoms with Gasteiger partial charge in [-0.25, -0.2) is 4.98 Å². The van der Waals surface area contributed by atoms with Crippen molar-refractivity contribution in [2.24, 2.45) is 0 Å². The zero-order valence-electron chi connectivity index (χ0n) is 12.2. The number of hydrogen-bond acceptors (Lipinski definition) is 7. The second kappa shape index (κ2) is 7.72. The molecule has 0 fully saturated rings. The SMILES string of the molecule is CCN(CC)c1nc(Cl)nc(NCCCc2ncn[nH]2)n1. The van der Waals surface area contributed by atoms with E-state index in [1.54, 1.807) is 0 Å². The van der Waals surface area contributed by atoms with Gasteiger partial charge in [0.25, 0.3) is 0 Å². The molecule has 0 amide bonds. The Morgan fingerprint density at radius 2 is 2.05 bits per heavy atom. The zero-order chi connectivity index (χ0) is 15.1. The van der Waals surface area contributed by atoms with Gasteiger partial charge in [-0.3, -0.25) is 5.10 Å². The summed E-state index contributed by atoms with van der Waals surface area (Å²) in [6.07, 6.45) is 3.21. The van der Waals surface area contributed by atoms with E-state index in [1.165, 1.54) is 6.33 Å². The largest absolute Gasteiger partial charge is 0.354 e. The molecule has 0 aliphatic carbocycles. The van der Waals surface area contributed by atoms with Crippen molar-refractivity contribution < 1.29 is 0 Å². The molecule has 0 unspecified atom stereocenters. The van der Waals surface area contributed by atoms with Crippen molar-refractivity contribution in [3.63, 3.8) is 0 Å². The first-order valence-electron chi connectivity index (χ1n) is 6.97. The van der Waals surface area contributed by atoms with Crippen LogP contribution in [0.4, 0.5) is 11.9 Å². The van der Waals surface area contributed by atoms with Crippen LogP contribution in [0.3, 0.4) is 0 Å². The van der Waals surface area contributed by atoms with Crippen LogP contribution < -0.4 is 10.2 Å². The Bertz CT molecular complexity index is 540. The third-order valence-electron chi connectivity index (χ3n) is 2.98. The van der Waals surface area contributed by atoms with E-state index in [2.05, 4.69) is 35.5 Å². The molecule has 0 aliphatic heterocycles. The number of rotatable bonds is 8. The molecule has 2 rings (SSSR count). The molecule has 0 aromatic carbocycles. The van der Waals surface area contributed by atoms with Crippen LogP contribution in [0.2, 0.25) is 5.28 Å². The van der Waals surface area contributed by atoms with Crippen molar-refractivity contribution in [2.75, 3.05) is 29.9 Å². The maximum absolute atomic E-state index is 5.95. The second-order valence-corrected chi connectivity index (χ2v) is 4.70. The smallest absolute Gasteiger partial charge is 0.231 e. The average molecular weight is 311 g/mol. The molecule has 0 spiro atoms. The van der Waals surface area contributed by atoms with Gasteiger partial charge in [-0.1, -0.05) is 0 Å². The standard InChI is InChI=1S/C12H19ClN8/c1-3-21(4-2)12-18-10(13)17-11(19-12)14-7-5-6-9-15-8-16-20-9/h8H,3-7H2,1-2H3,(H,15,16,20)(H,14,17,18,19). The van der Waals surface area contributed by atoms with Crippen molar-refractivity contribution in [2.45, 2.75) is 26.7 Å². The van der Waals surface area contributed by atoms with Gasteiger partial charge >= 0.3 is 0 Å². The van der Waals surface area contributed by atoms with Gasteiger partial charge in [-0.05, 0) is 31.9 Å². The Balaban J connectivity index is 1.90. The van der Waals surface area contributed by atoms with E-state index >= 15 is 0 Å². The number of aromatic nitrogens is 6.